The first kappa shape index (κ1) is 9.95. The lowest BCUT2D eigenvalue weighted by Gasteiger charge is -2.05. The summed E-state index contributed by atoms with van der Waals surface area (Å²) in [6.07, 6.45) is 0. The molecule has 0 spiro atoms. The van der Waals surface area contributed by atoms with E-state index in [2.05, 4.69) is 4.84 Å². The van der Waals surface area contributed by atoms with Gasteiger partial charge in [0.25, 0.3) is 0 Å². The Kier molecular flexibility index (Phi) is 3.67. The van der Waals surface area contributed by atoms with Crippen LogP contribution in [0.3, 0.4) is 0 Å². The third-order valence-corrected chi connectivity index (χ3v) is 1.57. The van der Waals surface area contributed by atoms with Crippen LogP contribution in [0, 0.1) is 5.82 Å². The van der Waals surface area contributed by atoms with Crippen molar-refractivity contribution in [2.45, 2.75) is 13.5 Å². The fourth-order valence-electron chi connectivity index (χ4n) is 0.991. The first-order chi connectivity index (χ1) is 6.27. The largest absolute Gasteiger partial charge is 0.494 e. The molecule has 1 aromatic rings. The van der Waals surface area contributed by atoms with Crippen molar-refractivity contribution in [1.82, 2.24) is 0 Å². The van der Waals surface area contributed by atoms with Crippen molar-refractivity contribution in [2.75, 3.05) is 6.61 Å². The van der Waals surface area contributed by atoms with Gasteiger partial charge < -0.3 is 4.74 Å². The number of ether oxygens (including phenoxy) is 1. The highest BCUT2D eigenvalue weighted by molar-refractivity contribution is 5.28. The summed E-state index contributed by atoms with van der Waals surface area (Å²) in [5.74, 6) is 4.98. The SMILES string of the molecule is CCOc1ccc(CON)c(F)c1. The number of nitrogens with two attached hydrogens (primary N) is 1. The van der Waals surface area contributed by atoms with Gasteiger partial charge in [0.1, 0.15) is 11.6 Å². The van der Waals surface area contributed by atoms with Crippen molar-refractivity contribution in [3.8, 4) is 5.75 Å². The molecule has 0 aliphatic rings. The highest BCUT2D eigenvalue weighted by atomic mass is 19.1. The van der Waals surface area contributed by atoms with E-state index in [0.29, 0.717) is 17.9 Å². The van der Waals surface area contributed by atoms with Gasteiger partial charge in [0.05, 0.1) is 13.2 Å². The summed E-state index contributed by atoms with van der Waals surface area (Å²) in [5, 5.41) is 0. The lowest BCUT2D eigenvalue weighted by molar-refractivity contribution is 0.121. The molecule has 0 saturated carbocycles. The van der Waals surface area contributed by atoms with Crippen LogP contribution in [0.1, 0.15) is 12.5 Å². The van der Waals surface area contributed by atoms with Gasteiger partial charge in [0, 0.05) is 11.6 Å². The van der Waals surface area contributed by atoms with Gasteiger partial charge in [-0.25, -0.2) is 10.3 Å². The summed E-state index contributed by atoms with van der Waals surface area (Å²) < 4.78 is 18.3. The van der Waals surface area contributed by atoms with E-state index in [1.807, 2.05) is 6.92 Å². The Hall–Kier alpha value is -1.13. The van der Waals surface area contributed by atoms with Gasteiger partial charge in [-0.1, -0.05) is 6.07 Å². The Morgan fingerprint density at radius 1 is 1.46 bits per heavy atom. The molecule has 4 heteroatoms. The number of rotatable bonds is 4. The number of hydrogen-bond donors (Lipinski definition) is 1. The third kappa shape index (κ3) is 2.68. The Bertz CT molecular complexity index is 278. The number of halogens is 1. The zero-order valence-electron chi connectivity index (χ0n) is 7.42. The van der Waals surface area contributed by atoms with Crippen LogP contribution in [0.5, 0.6) is 5.75 Å². The minimum Gasteiger partial charge on any atom is -0.494 e. The fraction of sp³-hybridized carbons (Fsp3) is 0.333. The molecule has 0 amide bonds. The highest BCUT2D eigenvalue weighted by Crippen LogP contribution is 2.16. The second-order valence-electron chi connectivity index (χ2n) is 2.50. The van der Waals surface area contributed by atoms with Crippen molar-refractivity contribution in [1.29, 1.82) is 0 Å². The average molecular weight is 185 g/mol. The van der Waals surface area contributed by atoms with E-state index in [-0.39, 0.29) is 12.4 Å². The van der Waals surface area contributed by atoms with Crippen LogP contribution < -0.4 is 10.6 Å². The molecule has 13 heavy (non-hydrogen) atoms. The molecule has 1 aromatic carbocycles. The molecule has 0 atom stereocenters. The minimum absolute atomic E-state index is 0.0677. The molecule has 0 bridgehead atoms. The molecule has 72 valence electrons. The maximum absolute atomic E-state index is 13.1. The van der Waals surface area contributed by atoms with E-state index in [0.717, 1.165) is 0 Å². The molecule has 0 radical (unpaired) electrons. The summed E-state index contributed by atoms with van der Waals surface area (Å²) in [5.41, 5.74) is 0.422. The van der Waals surface area contributed by atoms with Crippen LogP contribution in [0.2, 0.25) is 0 Å². The summed E-state index contributed by atoms with van der Waals surface area (Å²) in [7, 11) is 0. The third-order valence-electron chi connectivity index (χ3n) is 1.57. The Labute approximate surface area is 76.2 Å². The Morgan fingerprint density at radius 3 is 2.77 bits per heavy atom. The van der Waals surface area contributed by atoms with Gasteiger partial charge in [-0.2, -0.15) is 0 Å². The predicted octanol–water partition coefficient (Wildman–Crippen LogP) is 1.61. The topological polar surface area (TPSA) is 44.5 Å². The molecule has 2 N–H and O–H groups in total. The van der Waals surface area contributed by atoms with Gasteiger partial charge in [0.2, 0.25) is 0 Å². The van der Waals surface area contributed by atoms with Gasteiger partial charge in [0.15, 0.2) is 0 Å². The molecule has 3 nitrogen and oxygen atoms in total. The second kappa shape index (κ2) is 4.79. The lowest BCUT2D eigenvalue weighted by Crippen LogP contribution is -2.01. The van der Waals surface area contributed by atoms with Gasteiger partial charge in [-0.15, -0.1) is 0 Å². The molecule has 0 aliphatic heterocycles. The number of hydrogen-bond acceptors (Lipinski definition) is 3. The highest BCUT2D eigenvalue weighted by Gasteiger charge is 2.03. The van der Waals surface area contributed by atoms with Crippen molar-refractivity contribution in [2.24, 2.45) is 5.90 Å². The van der Waals surface area contributed by atoms with E-state index in [1.54, 1.807) is 12.1 Å². The van der Waals surface area contributed by atoms with Gasteiger partial charge in [-0.3, -0.25) is 4.84 Å². The Balaban J connectivity index is 2.79. The lowest BCUT2D eigenvalue weighted by atomic mass is 10.2. The van der Waals surface area contributed by atoms with E-state index in [9.17, 15) is 4.39 Å². The van der Waals surface area contributed by atoms with Crippen LogP contribution in [0.25, 0.3) is 0 Å². The minimum atomic E-state index is -0.364. The molecule has 0 heterocycles. The Morgan fingerprint density at radius 2 is 2.23 bits per heavy atom. The smallest absolute Gasteiger partial charge is 0.132 e. The summed E-state index contributed by atoms with van der Waals surface area (Å²) in [6, 6.07) is 4.59. The fourth-order valence-corrected chi connectivity index (χ4v) is 0.991. The quantitative estimate of drug-likeness (QED) is 0.725. The van der Waals surface area contributed by atoms with Crippen LogP contribution in [0.4, 0.5) is 4.39 Å². The zero-order valence-corrected chi connectivity index (χ0v) is 7.42. The van der Waals surface area contributed by atoms with Crippen LogP contribution in [-0.2, 0) is 11.4 Å². The van der Waals surface area contributed by atoms with E-state index in [1.165, 1.54) is 6.07 Å². The zero-order chi connectivity index (χ0) is 9.68. The van der Waals surface area contributed by atoms with Gasteiger partial charge in [-0.05, 0) is 13.0 Å². The molecule has 0 aromatic heterocycles. The standard InChI is InChI=1S/C9H12FNO2/c1-2-12-8-4-3-7(6-13-11)9(10)5-8/h3-5H,2,6,11H2,1H3. The van der Waals surface area contributed by atoms with Crippen molar-refractivity contribution < 1.29 is 14.0 Å². The monoisotopic (exact) mass is 185 g/mol. The molecule has 0 fully saturated rings. The molecular weight excluding hydrogens is 173 g/mol. The summed E-state index contributed by atoms with van der Waals surface area (Å²) in [4.78, 5) is 4.33. The molecule has 0 unspecified atom stereocenters. The van der Waals surface area contributed by atoms with Crippen LogP contribution in [0.15, 0.2) is 18.2 Å². The van der Waals surface area contributed by atoms with Gasteiger partial charge >= 0.3 is 0 Å². The molecule has 0 aliphatic carbocycles. The second-order valence-corrected chi connectivity index (χ2v) is 2.50. The molecular formula is C9H12FNO2. The average Bonchev–Trinajstić information content (AvgIpc) is 2.10. The molecule has 0 saturated heterocycles. The van der Waals surface area contributed by atoms with E-state index < -0.39 is 0 Å². The van der Waals surface area contributed by atoms with Crippen molar-refractivity contribution >= 4 is 0 Å². The summed E-state index contributed by atoms with van der Waals surface area (Å²) >= 11 is 0. The van der Waals surface area contributed by atoms with Crippen LogP contribution in [-0.4, -0.2) is 6.61 Å². The van der Waals surface area contributed by atoms with E-state index in [4.69, 9.17) is 10.6 Å². The predicted molar refractivity (Wildman–Crippen MR) is 46.5 cm³/mol. The van der Waals surface area contributed by atoms with Crippen molar-refractivity contribution in [3.05, 3.63) is 29.6 Å². The number of benzene rings is 1. The van der Waals surface area contributed by atoms with Crippen molar-refractivity contribution in [3.63, 3.8) is 0 Å². The first-order valence-corrected chi connectivity index (χ1v) is 4.00. The first-order valence-electron chi connectivity index (χ1n) is 4.00. The maximum Gasteiger partial charge on any atom is 0.132 e. The molecule has 1 rings (SSSR count). The maximum atomic E-state index is 13.1. The van der Waals surface area contributed by atoms with E-state index >= 15 is 0 Å². The summed E-state index contributed by atoms with van der Waals surface area (Å²) in [6.45, 7) is 2.43. The normalized spacial score (nSPS) is 10.1. The van der Waals surface area contributed by atoms with Crippen LogP contribution >= 0.6 is 0 Å².